The minimum Gasteiger partial charge on any atom is -0.437 e. The molecule has 2 rings (SSSR count). The van der Waals surface area contributed by atoms with Crippen molar-refractivity contribution in [1.82, 2.24) is 9.78 Å². The lowest BCUT2D eigenvalue weighted by Crippen LogP contribution is -2.04. The first-order valence-corrected chi connectivity index (χ1v) is 6.86. The minimum atomic E-state index is 0.0864. The lowest BCUT2D eigenvalue weighted by molar-refractivity contribution is 0.297. The third-order valence-electron chi connectivity index (χ3n) is 3.12. The molecule has 1 aromatic heterocycles. The Morgan fingerprint density at radius 1 is 1.35 bits per heavy atom. The summed E-state index contributed by atoms with van der Waals surface area (Å²) in [5, 5.41) is 13.5. The fourth-order valence-corrected chi connectivity index (χ4v) is 2.08. The van der Waals surface area contributed by atoms with Gasteiger partial charge in [0.05, 0.1) is 5.69 Å². The Labute approximate surface area is 119 Å². The van der Waals surface area contributed by atoms with E-state index in [0.29, 0.717) is 23.7 Å². The average molecular weight is 275 g/mol. The largest absolute Gasteiger partial charge is 0.437 e. The second-order valence-corrected chi connectivity index (χ2v) is 4.71. The lowest BCUT2D eigenvalue weighted by Gasteiger charge is -2.12. The molecule has 0 amide bonds. The van der Waals surface area contributed by atoms with E-state index in [2.05, 4.69) is 12.0 Å². The number of rotatable bonds is 6. The molecular weight excluding hydrogens is 254 g/mol. The fourth-order valence-electron chi connectivity index (χ4n) is 2.08. The van der Waals surface area contributed by atoms with Gasteiger partial charge in [-0.2, -0.15) is 5.10 Å². The Morgan fingerprint density at radius 2 is 2.10 bits per heavy atom. The van der Waals surface area contributed by atoms with Crippen LogP contribution in [0.15, 0.2) is 24.3 Å². The molecule has 0 radical (unpaired) electrons. The van der Waals surface area contributed by atoms with Gasteiger partial charge >= 0.3 is 0 Å². The van der Waals surface area contributed by atoms with Crippen molar-refractivity contribution >= 4 is 5.69 Å². The van der Waals surface area contributed by atoms with Crippen molar-refractivity contribution in [2.75, 3.05) is 12.3 Å². The Kier molecular flexibility index (Phi) is 4.63. The maximum Gasteiger partial charge on any atom is 0.241 e. The second-order valence-electron chi connectivity index (χ2n) is 4.71. The molecule has 0 aliphatic carbocycles. The zero-order valence-corrected chi connectivity index (χ0v) is 12.0. The van der Waals surface area contributed by atoms with Crippen molar-refractivity contribution in [2.24, 2.45) is 0 Å². The van der Waals surface area contributed by atoms with E-state index in [0.717, 1.165) is 24.2 Å². The number of nitrogen functional groups attached to an aromatic ring is 1. The normalized spacial score (nSPS) is 10.8. The van der Waals surface area contributed by atoms with Gasteiger partial charge in [0.15, 0.2) is 0 Å². The summed E-state index contributed by atoms with van der Waals surface area (Å²) in [7, 11) is 0. The zero-order chi connectivity index (χ0) is 14.5. The van der Waals surface area contributed by atoms with Crippen molar-refractivity contribution in [2.45, 2.75) is 33.2 Å². The average Bonchev–Trinajstić information content (AvgIpc) is 2.69. The SMILES string of the molecule is CCCn1nc(C)c(N)c1Oc1ccccc1CCO. The zero-order valence-electron chi connectivity index (χ0n) is 12.0. The van der Waals surface area contributed by atoms with Gasteiger partial charge < -0.3 is 15.6 Å². The molecule has 1 heterocycles. The topological polar surface area (TPSA) is 73.3 Å². The van der Waals surface area contributed by atoms with Gasteiger partial charge in [-0.3, -0.25) is 0 Å². The van der Waals surface area contributed by atoms with Crippen molar-refractivity contribution in [3.05, 3.63) is 35.5 Å². The maximum atomic E-state index is 9.11. The number of aliphatic hydroxyl groups excluding tert-OH is 1. The molecule has 0 saturated heterocycles. The summed E-state index contributed by atoms with van der Waals surface area (Å²) >= 11 is 0. The van der Waals surface area contributed by atoms with Crippen LogP contribution in [0.5, 0.6) is 11.6 Å². The molecule has 0 unspecified atom stereocenters. The number of hydrogen-bond acceptors (Lipinski definition) is 4. The molecule has 0 saturated carbocycles. The highest BCUT2D eigenvalue weighted by molar-refractivity contribution is 5.54. The molecule has 0 aliphatic heterocycles. The number of aryl methyl sites for hydroxylation is 2. The summed E-state index contributed by atoms with van der Waals surface area (Å²) in [4.78, 5) is 0. The molecule has 2 aromatic rings. The van der Waals surface area contributed by atoms with E-state index in [1.807, 2.05) is 31.2 Å². The van der Waals surface area contributed by atoms with Crippen LogP contribution in [0.25, 0.3) is 0 Å². The molecule has 108 valence electrons. The van der Waals surface area contributed by atoms with Gasteiger partial charge in [0.2, 0.25) is 5.88 Å². The lowest BCUT2D eigenvalue weighted by atomic mass is 10.1. The molecule has 1 aromatic carbocycles. The van der Waals surface area contributed by atoms with Crippen LogP contribution in [0, 0.1) is 6.92 Å². The summed E-state index contributed by atoms with van der Waals surface area (Å²) in [6, 6.07) is 7.65. The summed E-state index contributed by atoms with van der Waals surface area (Å²) in [6.45, 7) is 4.79. The molecule has 3 N–H and O–H groups in total. The van der Waals surface area contributed by atoms with Crippen LogP contribution in [0.2, 0.25) is 0 Å². The van der Waals surface area contributed by atoms with Gasteiger partial charge in [-0.05, 0) is 31.4 Å². The number of aromatic nitrogens is 2. The number of anilines is 1. The smallest absolute Gasteiger partial charge is 0.241 e. The van der Waals surface area contributed by atoms with Gasteiger partial charge in [-0.25, -0.2) is 4.68 Å². The van der Waals surface area contributed by atoms with Gasteiger partial charge in [0.1, 0.15) is 11.4 Å². The van der Waals surface area contributed by atoms with Crippen LogP contribution in [-0.2, 0) is 13.0 Å². The minimum absolute atomic E-state index is 0.0864. The molecule has 0 spiro atoms. The van der Waals surface area contributed by atoms with Gasteiger partial charge in [0.25, 0.3) is 0 Å². The van der Waals surface area contributed by atoms with Crippen molar-refractivity contribution in [3.8, 4) is 11.6 Å². The number of aliphatic hydroxyl groups is 1. The van der Waals surface area contributed by atoms with Gasteiger partial charge in [-0.15, -0.1) is 0 Å². The van der Waals surface area contributed by atoms with Crippen LogP contribution in [-0.4, -0.2) is 21.5 Å². The number of benzene rings is 1. The van der Waals surface area contributed by atoms with Gasteiger partial charge in [-0.1, -0.05) is 25.1 Å². The fraction of sp³-hybridized carbons (Fsp3) is 0.400. The predicted molar refractivity (Wildman–Crippen MR) is 79.0 cm³/mol. The second kappa shape index (κ2) is 6.43. The number of para-hydroxylation sites is 1. The third-order valence-corrected chi connectivity index (χ3v) is 3.12. The highest BCUT2D eigenvalue weighted by Crippen LogP contribution is 2.32. The number of ether oxygens (including phenoxy) is 1. The van der Waals surface area contributed by atoms with E-state index in [4.69, 9.17) is 15.6 Å². The monoisotopic (exact) mass is 275 g/mol. The quantitative estimate of drug-likeness (QED) is 0.849. The number of nitrogens with two attached hydrogens (primary N) is 1. The van der Waals surface area contributed by atoms with E-state index in [1.54, 1.807) is 4.68 Å². The molecule has 5 heteroatoms. The predicted octanol–water partition coefficient (Wildman–Crippen LogP) is 2.51. The Balaban J connectivity index is 2.34. The van der Waals surface area contributed by atoms with E-state index in [-0.39, 0.29) is 6.61 Å². The first kappa shape index (κ1) is 14.4. The van der Waals surface area contributed by atoms with E-state index in [9.17, 15) is 0 Å². The highest BCUT2D eigenvalue weighted by atomic mass is 16.5. The van der Waals surface area contributed by atoms with Gasteiger partial charge in [0, 0.05) is 13.2 Å². The third kappa shape index (κ3) is 2.93. The summed E-state index contributed by atoms with van der Waals surface area (Å²) < 4.78 is 7.75. The van der Waals surface area contributed by atoms with Crippen LogP contribution < -0.4 is 10.5 Å². The number of hydrogen-bond donors (Lipinski definition) is 2. The Bertz CT molecular complexity index is 578. The van der Waals surface area contributed by atoms with Crippen molar-refractivity contribution in [1.29, 1.82) is 0 Å². The Hall–Kier alpha value is -2.01. The maximum absolute atomic E-state index is 9.11. The molecule has 20 heavy (non-hydrogen) atoms. The van der Waals surface area contributed by atoms with E-state index >= 15 is 0 Å². The highest BCUT2D eigenvalue weighted by Gasteiger charge is 2.15. The molecule has 0 atom stereocenters. The van der Waals surface area contributed by atoms with Crippen molar-refractivity contribution < 1.29 is 9.84 Å². The van der Waals surface area contributed by atoms with Crippen LogP contribution >= 0.6 is 0 Å². The summed E-state index contributed by atoms with van der Waals surface area (Å²) in [6.07, 6.45) is 1.51. The van der Waals surface area contributed by atoms with Crippen LogP contribution in [0.3, 0.4) is 0 Å². The van der Waals surface area contributed by atoms with Crippen LogP contribution in [0.1, 0.15) is 24.6 Å². The Morgan fingerprint density at radius 3 is 2.80 bits per heavy atom. The molecule has 0 fully saturated rings. The first-order valence-electron chi connectivity index (χ1n) is 6.86. The molecule has 0 aliphatic rings. The van der Waals surface area contributed by atoms with Crippen molar-refractivity contribution in [3.63, 3.8) is 0 Å². The molecule has 0 bridgehead atoms. The van der Waals surface area contributed by atoms with Crippen LogP contribution in [0.4, 0.5) is 5.69 Å². The summed E-state index contributed by atoms with van der Waals surface area (Å²) in [5.74, 6) is 1.29. The molecular formula is C15H21N3O2. The standard InChI is InChI=1S/C15H21N3O2/c1-3-9-18-15(14(16)11(2)17-18)20-13-7-5-4-6-12(13)8-10-19/h4-7,19H,3,8-10,16H2,1-2H3. The number of nitrogens with zero attached hydrogens (tertiary/aromatic N) is 2. The summed E-state index contributed by atoms with van der Waals surface area (Å²) in [5.41, 5.74) is 8.34. The molecule has 5 nitrogen and oxygen atoms in total. The first-order chi connectivity index (χ1) is 9.67. The van der Waals surface area contributed by atoms with E-state index in [1.165, 1.54) is 0 Å². The van der Waals surface area contributed by atoms with E-state index < -0.39 is 0 Å².